The highest BCUT2D eigenvalue weighted by Crippen LogP contribution is 2.29. The van der Waals surface area contributed by atoms with Crippen LogP contribution in [-0.4, -0.2) is 29.5 Å². The van der Waals surface area contributed by atoms with Crippen molar-refractivity contribution in [1.82, 2.24) is 4.98 Å². The molecule has 0 aliphatic rings. The summed E-state index contributed by atoms with van der Waals surface area (Å²) in [4.78, 5) is 16.7. The van der Waals surface area contributed by atoms with Crippen LogP contribution in [0.1, 0.15) is 37.6 Å². The number of aryl methyl sites for hydroxylation is 2. The summed E-state index contributed by atoms with van der Waals surface area (Å²) in [5.74, 6) is 0.442. The molecule has 0 spiro atoms. The molecule has 0 unspecified atom stereocenters. The van der Waals surface area contributed by atoms with E-state index in [4.69, 9.17) is 14.2 Å². The van der Waals surface area contributed by atoms with Crippen LogP contribution in [-0.2, 0) is 16.1 Å². The normalized spacial score (nSPS) is 11.7. The van der Waals surface area contributed by atoms with Crippen LogP contribution in [0.3, 0.4) is 0 Å². The Morgan fingerprint density at radius 3 is 2.17 bits per heavy atom. The fraction of sp³-hybridized carbons (Fsp3) is 0.333. The molecular formula is C27H28F3NO5. The minimum Gasteiger partial charge on any atom is -0.489 e. The van der Waals surface area contributed by atoms with Crippen molar-refractivity contribution in [1.29, 1.82) is 0 Å². The summed E-state index contributed by atoms with van der Waals surface area (Å²) >= 11 is 0. The van der Waals surface area contributed by atoms with Gasteiger partial charge in [0.15, 0.2) is 5.60 Å². The van der Waals surface area contributed by atoms with Gasteiger partial charge in [0, 0.05) is 16.8 Å². The highest BCUT2D eigenvalue weighted by molar-refractivity contribution is 5.79. The van der Waals surface area contributed by atoms with Crippen molar-refractivity contribution in [3.8, 4) is 28.5 Å². The zero-order valence-corrected chi connectivity index (χ0v) is 20.7. The number of pyridine rings is 1. The number of benzene rings is 2. The third-order valence-corrected chi connectivity index (χ3v) is 5.25. The minimum absolute atomic E-state index is 0.269. The van der Waals surface area contributed by atoms with Crippen LogP contribution >= 0.6 is 0 Å². The number of aromatic nitrogens is 1. The van der Waals surface area contributed by atoms with E-state index in [2.05, 4.69) is 9.72 Å². The standard InChI is InChI=1S/C27H28F3NO5/c1-6-33-25(32)26(4,5)36-24-14-12-22(15-17(24)2)34-16-20-9-13-23(31-18(20)3)19-7-10-21(11-8-19)35-27(28,29)30/h7-15H,6,16H2,1-5H3. The molecule has 0 saturated carbocycles. The summed E-state index contributed by atoms with van der Waals surface area (Å²) in [6.45, 7) is 9.28. The number of hydrogen-bond donors (Lipinski definition) is 0. The number of esters is 1. The quantitative estimate of drug-likeness (QED) is 0.308. The number of ether oxygens (including phenoxy) is 4. The molecule has 1 aromatic heterocycles. The first kappa shape index (κ1) is 26.8. The molecule has 1 heterocycles. The minimum atomic E-state index is -4.73. The molecule has 3 rings (SSSR count). The third-order valence-electron chi connectivity index (χ3n) is 5.25. The predicted molar refractivity (Wildman–Crippen MR) is 128 cm³/mol. The fourth-order valence-corrected chi connectivity index (χ4v) is 3.34. The van der Waals surface area contributed by atoms with Crippen LogP contribution in [0.15, 0.2) is 54.6 Å². The zero-order valence-electron chi connectivity index (χ0n) is 20.7. The van der Waals surface area contributed by atoms with Crippen molar-refractivity contribution in [3.63, 3.8) is 0 Å². The molecule has 192 valence electrons. The number of alkyl halides is 3. The maximum Gasteiger partial charge on any atom is 0.573 e. The molecule has 0 atom stereocenters. The smallest absolute Gasteiger partial charge is 0.489 e. The molecule has 2 aromatic carbocycles. The molecule has 3 aromatic rings. The fourth-order valence-electron chi connectivity index (χ4n) is 3.34. The second kappa shape index (κ2) is 10.9. The summed E-state index contributed by atoms with van der Waals surface area (Å²) in [7, 11) is 0. The molecule has 0 aliphatic heterocycles. The van der Waals surface area contributed by atoms with Crippen molar-refractivity contribution in [3.05, 3.63) is 71.4 Å². The van der Waals surface area contributed by atoms with E-state index in [1.54, 1.807) is 39.0 Å². The Hall–Kier alpha value is -3.75. The van der Waals surface area contributed by atoms with Crippen molar-refractivity contribution in [2.75, 3.05) is 6.61 Å². The van der Waals surface area contributed by atoms with Gasteiger partial charge in [-0.05, 0) is 88.7 Å². The van der Waals surface area contributed by atoms with Crippen molar-refractivity contribution in [2.45, 2.75) is 53.2 Å². The summed E-state index contributed by atoms with van der Waals surface area (Å²) in [6.07, 6.45) is -4.73. The average Bonchev–Trinajstić information content (AvgIpc) is 2.79. The van der Waals surface area contributed by atoms with E-state index in [1.807, 2.05) is 26.0 Å². The lowest BCUT2D eigenvalue weighted by atomic mass is 10.1. The third kappa shape index (κ3) is 7.13. The van der Waals surface area contributed by atoms with Crippen LogP contribution < -0.4 is 14.2 Å². The monoisotopic (exact) mass is 503 g/mol. The highest BCUT2D eigenvalue weighted by Gasteiger charge is 2.32. The van der Waals surface area contributed by atoms with Crippen molar-refractivity contribution >= 4 is 5.97 Å². The van der Waals surface area contributed by atoms with Gasteiger partial charge in [-0.2, -0.15) is 0 Å². The van der Waals surface area contributed by atoms with Gasteiger partial charge in [-0.25, -0.2) is 4.79 Å². The van der Waals surface area contributed by atoms with Gasteiger partial charge in [0.25, 0.3) is 0 Å². The van der Waals surface area contributed by atoms with Crippen LogP contribution in [0, 0.1) is 13.8 Å². The number of nitrogens with zero attached hydrogens (tertiary/aromatic N) is 1. The van der Waals surface area contributed by atoms with Crippen molar-refractivity contribution < 1.29 is 36.9 Å². The van der Waals surface area contributed by atoms with Crippen molar-refractivity contribution in [2.24, 2.45) is 0 Å². The first-order chi connectivity index (χ1) is 16.9. The lowest BCUT2D eigenvalue weighted by Gasteiger charge is -2.25. The number of hydrogen-bond acceptors (Lipinski definition) is 6. The predicted octanol–water partition coefficient (Wildman–Crippen LogP) is 6.56. The molecule has 36 heavy (non-hydrogen) atoms. The number of carbonyl (C=O) groups excluding carboxylic acids is 1. The average molecular weight is 504 g/mol. The first-order valence-electron chi connectivity index (χ1n) is 11.3. The zero-order chi connectivity index (χ0) is 26.5. The molecule has 0 bridgehead atoms. The van der Waals surface area contributed by atoms with Crippen LogP contribution in [0.5, 0.6) is 17.2 Å². The van der Waals surface area contributed by atoms with Crippen LogP contribution in [0.2, 0.25) is 0 Å². The van der Waals surface area contributed by atoms with Gasteiger partial charge in [-0.1, -0.05) is 6.07 Å². The molecule has 0 aliphatic carbocycles. The summed E-state index contributed by atoms with van der Waals surface area (Å²) < 4.78 is 57.8. The number of rotatable bonds is 9. The van der Waals surface area contributed by atoms with Crippen LogP contribution in [0.4, 0.5) is 13.2 Å². The maximum atomic E-state index is 12.3. The van der Waals surface area contributed by atoms with Gasteiger partial charge >= 0.3 is 12.3 Å². The van der Waals surface area contributed by atoms with E-state index in [-0.39, 0.29) is 19.0 Å². The first-order valence-corrected chi connectivity index (χ1v) is 11.3. The van der Waals surface area contributed by atoms with Crippen LogP contribution in [0.25, 0.3) is 11.3 Å². The summed E-state index contributed by atoms with van der Waals surface area (Å²) in [5, 5.41) is 0. The Bertz CT molecular complexity index is 1210. The number of carbonyl (C=O) groups is 1. The Kier molecular flexibility index (Phi) is 8.12. The van der Waals surface area contributed by atoms with E-state index >= 15 is 0 Å². The molecule has 0 amide bonds. The van der Waals surface area contributed by atoms with Gasteiger partial charge in [0.2, 0.25) is 0 Å². The SMILES string of the molecule is CCOC(=O)C(C)(C)Oc1ccc(OCc2ccc(-c3ccc(OC(F)(F)F)cc3)nc2C)cc1C. The topological polar surface area (TPSA) is 66.9 Å². The molecular weight excluding hydrogens is 475 g/mol. The van der Waals surface area contributed by atoms with Gasteiger partial charge in [-0.3, -0.25) is 4.98 Å². The molecule has 6 nitrogen and oxygen atoms in total. The Labute approximate surface area is 208 Å². The molecule has 0 fully saturated rings. The van der Waals surface area contributed by atoms with E-state index in [0.29, 0.717) is 22.8 Å². The Morgan fingerprint density at radius 2 is 1.58 bits per heavy atom. The summed E-state index contributed by atoms with van der Waals surface area (Å²) in [5.41, 5.74) is 2.55. The van der Waals surface area contributed by atoms with E-state index in [1.165, 1.54) is 24.3 Å². The van der Waals surface area contributed by atoms with Gasteiger partial charge in [-0.15, -0.1) is 13.2 Å². The van der Waals surface area contributed by atoms with Gasteiger partial charge in [0.05, 0.1) is 12.3 Å². The lowest BCUT2D eigenvalue weighted by Crippen LogP contribution is -2.39. The second-order valence-electron chi connectivity index (χ2n) is 8.56. The molecule has 0 N–H and O–H groups in total. The van der Waals surface area contributed by atoms with E-state index in [9.17, 15) is 18.0 Å². The number of halogens is 3. The molecule has 0 radical (unpaired) electrons. The molecule has 9 heteroatoms. The molecule has 0 saturated heterocycles. The van der Waals surface area contributed by atoms with E-state index < -0.39 is 17.9 Å². The van der Waals surface area contributed by atoms with Gasteiger partial charge < -0.3 is 18.9 Å². The lowest BCUT2D eigenvalue weighted by molar-refractivity contribution is -0.274. The van der Waals surface area contributed by atoms with Gasteiger partial charge in [0.1, 0.15) is 23.9 Å². The highest BCUT2D eigenvalue weighted by atomic mass is 19.4. The second-order valence-corrected chi connectivity index (χ2v) is 8.56. The largest absolute Gasteiger partial charge is 0.573 e. The Balaban J connectivity index is 1.64. The van der Waals surface area contributed by atoms with E-state index in [0.717, 1.165) is 16.8 Å². The summed E-state index contributed by atoms with van der Waals surface area (Å²) in [6, 6.07) is 14.5. The Morgan fingerprint density at radius 1 is 0.917 bits per heavy atom. The maximum absolute atomic E-state index is 12.3.